The second-order valence-corrected chi connectivity index (χ2v) is 8.51. The van der Waals surface area contributed by atoms with Gasteiger partial charge in [-0.3, -0.25) is 4.79 Å². The third-order valence-corrected chi connectivity index (χ3v) is 6.45. The van der Waals surface area contributed by atoms with Crippen LogP contribution in [-0.2, 0) is 24.1 Å². The largest absolute Gasteiger partial charge is 0.312 e. The second kappa shape index (κ2) is 7.74. The molecule has 0 N–H and O–H groups in total. The Morgan fingerprint density at radius 3 is 3.04 bits per heavy atom. The molecular formula is C22H23N3OS. The highest BCUT2D eigenvalue weighted by Crippen LogP contribution is 2.31. The minimum atomic E-state index is 0.151. The maximum absolute atomic E-state index is 12.6. The lowest BCUT2D eigenvalue weighted by Gasteiger charge is -2.21. The standard InChI is InChI=1S/C22H23N3OS/c1-15-6-7-19-17(12-15)13-18(14-23)22(24-19)27-11-9-21(26)25-10-8-16-4-2-3-5-20(16)25/h2-5,13,15H,6-12H2,1H3. The predicted octanol–water partition coefficient (Wildman–Crippen LogP) is 4.15. The summed E-state index contributed by atoms with van der Waals surface area (Å²) >= 11 is 1.53. The Kier molecular flexibility index (Phi) is 5.18. The Hall–Kier alpha value is -2.32. The maximum atomic E-state index is 12.6. The van der Waals surface area contributed by atoms with E-state index in [0.29, 0.717) is 23.7 Å². The molecule has 1 aromatic carbocycles. The Labute approximate surface area is 164 Å². The van der Waals surface area contributed by atoms with Crippen LogP contribution < -0.4 is 4.90 Å². The summed E-state index contributed by atoms with van der Waals surface area (Å²) in [4.78, 5) is 19.3. The van der Waals surface area contributed by atoms with Crippen LogP contribution in [0.4, 0.5) is 5.69 Å². The number of thioether (sulfide) groups is 1. The van der Waals surface area contributed by atoms with Crippen LogP contribution in [-0.4, -0.2) is 23.2 Å². The van der Waals surface area contributed by atoms with Crippen LogP contribution >= 0.6 is 11.8 Å². The minimum Gasteiger partial charge on any atom is -0.312 e. The number of fused-ring (bicyclic) bond motifs is 2. The summed E-state index contributed by atoms with van der Waals surface area (Å²) in [6.45, 7) is 3.02. The lowest BCUT2D eigenvalue weighted by Crippen LogP contribution is -2.29. The molecule has 1 aliphatic heterocycles. The molecule has 2 aromatic rings. The quantitative estimate of drug-likeness (QED) is 0.751. The van der Waals surface area contributed by atoms with Gasteiger partial charge < -0.3 is 4.90 Å². The highest BCUT2D eigenvalue weighted by Gasteiger charge is 2.24. The van der Waals surface area contributed by atoms with Gasteiger partial charge in [0.05, 0.1) is 5.56 Å². The predicted molar refractivity (Wildman–Crippen MR) is 108 cm³/mol. The van der Waals surface area contributed by atoms with Gasteiger partial charge >= 0.3 is 0 Å². The van der Waals surface area contributed by atoms with Crippen LogP contribution in [0.25, 0.3) is 0 Å². The van der Waals surface area contributed by atoms with E-state index in [1.165, 1.54) is 22.9 Å². The van der Waals surface area contributed by atoms with Gasteiger partial charge in [-0.2, -0.15) is 5.26 Å². The van der Waals surface area contributed by atoms with Crippen molar-refractivity contribution in [3.8, 4) is 6.07 Å². The molecule has 0 saturated heterocycles. The summed E-state index contributed by atoms with van der Waals surface area (Å²) in [5, 5.41) is 10.3. The number of rotatable bonds is 4. The van der Waals surface area contributed by atoms with Gasteiger partial charge in [-0.25, -0.2) is 4.98 Å². The van der Waals surface area contributed by atoms with E-state index in [1.54, 1.807) is 0 Å². The van der Waals surface area contributed by atoms with Crippen molar-refractivity contribution in [2.24, 2.45) is 5.92 Å². The number of hydrogen-bond acceptors (Lipinski definition) is 4. The lowest BCUT2D eigenvalue weighted by molar-refractivity contribution is -0.118. The summed E-state index contributed by atoms with van der Waals surface area (Å²) in [7, 11) is 0. The fourth-order valence-corrected chi connectivity index (χ4v) is 4.89. The average Bonchev–Trinajstić information content (AvgIpc) is 3.11. The normalized spacial score (nSPS) is 17.9. The number of amides is 1. The number of carbonyl (C=O) groups is 1. The zero-order chi connectivity index (χ0) is 18.8. The number of aryl methyl sites for hydroxylation is 1. The van der Waals surface area contributed by atoms with Crippen LogP contribution in [0, 0.1) is 17.2 Å². The molecule has 1 unspecified atom stereocenters. The minimum absolute atomic E-state index is 0.151. The van der Waals surface area contributed by atoms with Crippen LogP contribution in [0.5, 0.6) is 0 Å². The van der Waals surface area contributed by atoms with Crippen molar-refractivity contribution in [2.75, 3.05) is 17.2 Å². The first kappa shape index (κ1) is 18.1. The van der Waals surface area contributed by atoms with Crippen LogP contribution in [0.15, 0.2) is 35.4 Å². The third kappa shape index (κ3) is 3.72. The third-order valence-electron chi connectivity index (χ3n) is 5.46. The van der Waals surface area contributed by atoms with Crippen molar-refractivity contribution in [3.63, 3.8) is 0 Å². The molecule has 138 valence electrons. The summed E-state index contributed by atoms with van der Waals surface area (Å²) < 4.78 is 0. The lowest BCUT2D eigenvalue weighted by atomic mass is 9.87. The molecule has 2 heterocycles. The molecule has 5 heteroatoms. The Morgan fingerprint density at radius 2 is 2.19 bits per heavy atom. The van der Waals surface area contributed by atoms with Gasteiger partial charge in [-0.15, -0.1) is 11.8 Å². The molecule has 27 heavy (non-hydrogen) atoms. The Bertz CT molecular complexity index is 918. The number of para-hydroxylation sites is 1. The van der Waals surface area contributed by atoms with E-state index in [4.69, 9.17) is 4.98 Å². The molecule has 0 radical (unpaired) electrons. The van der Waals surface area contributed by atoms with Crippen LogP contribution in [0.2, 0.25) is 0 Å². The van der Waals surface area contributed by atoms with E-state index < -0.39 is 0 Å². The topological polar surface area (TPSA) is 57.0 Å². The number of benzene rings is 1. The van der Waals surface area contributed by atoms with E-state index in [2.05, 4.69) is 19.1 Å². The first-order chi connectivity index (χ1) is 13.2. The molecule has 2 aliphatic rings. The number of carbonyl (C=O) groups excluding carboxylic acids is 1. The number of pyridine rings is 1. The van der Waals surface area contributed by atoms with Crippen LogP contribution in [0.3, 0.4) is 0 Å². The SMILES string of the molecule is CC1CCc2nc(SCCC(=O)N3CCc4ccccc43)c(C#N)cc2C1. The first-order valence-electron chi connectivity index (χ1n) is 9.59. The summed E-state index contributed by atoms with van der Waals surface area (Å²) in [5.41, 5.74) is 5.29. The van der Waals surface area contributed by atoms with Gasteiger partial charge in [0.1, 0.15) is 11.1 Å². The molecular weight excluding hydrogens is 354 g/mol. The molecule has 0 fully saturated rings. The van der Waals surface area contributed by atoms with Gasteiger partial charge in [0.15, 0.2) is 0 Å². The molecule has 4 nitrogen and oxygen atoms in total. The molecule has 0 bridgehead atoms. The summed E-state index contributed by atoms with van der Waals surface area (Å²) in [5.74, 6) is 1.46. The molecule has 0 saturated carbocycles. The van der Waals surface area contributed by atoms with Crippen molar-refractivity contribution in [3.05, 3.63) is 52.7 Å². The van der Waals surface area contributed by atoms with E-state index >= 15 is 0 Å². The maximum Gasteiger partial charge on any atom is 0.227 e. The molecule has 0 spiro atoms. The van der Waals surface area contributed by atoms with Gasteiger partial charge in [-0.1, -0.05) is 25.1 Å². The number of nitrogens with zero attached hydrogens (tertiary/aromatic N) is 3. The van der Waals surface area contributed by atoms with Crippen molar-refractivity contribution >= 4 is 23.4 Å². The first-order valence-corrected chi connectivity index (χ1v) is 10.6. The fourth-order valence-electron chi connectivity index (χ4n) is 3.99. The highest BCUT2D eigenvalue weighted by molar-refractivity contribution is 7.99. The van der Waals surface area contributed by atoms with Gasteiger partial charge in [0.25, 0.3) is 0 Å². The number of aromatic nitrogens is 1. The fraction of sp³-hybridized carbons (Fsp3) is 0.409. The Morgan fingerprint density at radius 1 is 1.33 bits per heavy atom. The van der Waals surface area contributed by atoms with E-state index in [1.807, 2.05) is 29.2 Å². The van der Waals surface area contributed by atoms with E-state index in [-0.39, 0.29) is 5.91 Å². The number of anilines is 1. The van der Waals surface area contributed by atoms with Crippen molar-refractivity contribution < 1.29 is 4.79 Å². The van der Waals surface area contributed by atoms with Crippen molar-refractivity contribution in [1.82, 2.24) is 4.98 Å². The summed E-state index contributed by atoms with van der Waals surface area (Å²) in [6.07, 6.45) is 4.54. The van der Waals surface area contributed by atoms with Gasteiger partial charge in [0.2, 0.25) is 5.91 Å². The summed E-state index contributed by atoms with van der Waals surface area (Å²) in [6, 6.07) is 12.4. The molecule has 1 atom stereocenters. The van der Waals surface area contributed by atoms with Gasteiger partial charge in [0, 0.05) is 30.1 Å². The second-order valence-electron chi connectivity index (χ2n) is 7.43. The molecule has 4 rings (SSSR count). The van der Waals surface area contributed by atoms with E-state index in [0.717, 1.165) is 48.6 Å². The van der Waals surface area contributed by atoms with E-state index in [9.17, 15) is 10.1 Å². The van der Waals surface area contributed by atoms with Gasteiger partial charge in [-0.05, 0) is 54.9 Å². The molecule has 1 aliphatic carbocycles. The van der Waals surface area contributed by atoms with Crippen molar-refractivity contribution in [2.45, 2.75) is 44.1 Å². The Balaban J connectivity index is 1.41. The number of nitriles is 1. The average molecular weight is 378 g/mol. The van der Waals surface area contributed by atoms with Crippen LogP contribution in [0.1, 0.15) is 42.1 Å². The highest BCUT2D eigenvalue weighted by atomic mass is 32.2. The smallest absolute Gasteiger partial charge is 0.227 e. The van der Waals surface area contributed by atoms with Crippen molar-refractivity contribution in [1.29, 1.82) is 5.26 Å². The molecule has 1 amide bonds. The zero-order valence-corrected chi connectivity index (χ0v) is 16.4. The zero-order valence-electron chi connectivity index (χ0n) is 15.6. The monoisotopic (exact) mass is 377 g/mol. The number of hydrogen-bond donors (Lipinski definition) is 0. The molecule has 1 aromatic heterocycles.